The van der Waals surface area contributed by atoms with Gasteiger partial charge >= 0.3 is 11.8 Å². The fourth-order valence-corrected chi connectivity index (χ4v) is 3.28. The molecule has 0 spiro atoms. The Balaban J connectivity index is 1.65. The topological polar surface area (TPSA) is 89.0 Å². The number of benzene rings is 3. The second-order valence-corrected chi connectivity index (χ2v) is 7.93. The minimum atomic E-state index is -0.906. The van der Waals surface area contributed by atoms with Gasteiger partial charge in [-0.05, 0) is 53.9 Å². The Bertz CT molecular complexity index is 1200. The normalized spacial score (nSPS) is 10.7. The molecular formula is C25H23Cl2N3O4. The molecule has 0 unspecified atom stereocenters. The molecule has 0 radical (unpaired) electrons. The summed E-state index contributed by atoms with van der Waals surface area (Å²) in [5.41, 5.74) is 5.21. The van der Waals surface area contributed by atoms with Crippen molar-refractivity contribution in [1.29, 1.82) is 0 Å². The number of methoxy groups -OCH3 is 1. The van der Waals surface area contributed by atoms with Gasteiger partial charge < -0.3 is 14.8 Å². The maximum Gasteiger partial charge on any atom is 0.329 e. The van der Waals surface area contributed by atoms with Gasteiger partial charge in [0.2, 0.25) is 0 Å². The lowest BCUT2D eigenvalue weighted by atomic mass is 10.1. The Labute approximate surface area is 207 Å². The van der Waals surface area contributed by atoms with Gasteiger partial charge in [-0.1, -0.05) is 54.4 Å². The fraction of sp³-hybridized carbons (Fsp3) is 0.160. The van der Waals surface area contributed by atoms with Gasteiger partial charge in [0.1, 0.15) is 6.61 Å². The molecule has 0 aliphatic heterocycles. The van der Waals surface area contributed by atoms with Crippen molar-refractivity contribution in [2.75, 3.05) is 12.4 Å². The molecule has 176 valence electrons. The summed E-state index contributed by atoms with van der Waals surface area (Å²) >= 11 is 12.0. The fourth-order valence-electron chi connectivity index (χ4n) is 2.96. The SMILES string of the molecule is CCc1ccc(NC(=O)C(=O)N/N=C\c2cccc(OC)c2OCc2ccc(Cl)c(Cl)c2)cc1. The van der Waals surface area contributed by atoms with Crippen LogP contribution < -0.4 is 20.2 Å². The molecular weight excluding hydrogens is 477 g/mol. The first-order chi connectivity index (χ1) is 16.4. The van der Waals surface area contributed by atoms with Crippen LogP contribution in [-0.4, -0.2) is 25.1 Å². The van der Waals surface area contributed by atoms with Crippen molar-refractivity contribution in [2.24, 2.45) is 5.10 Å². The summed E-state index contributed by atoms with van der Waals surface area (Å²) in [4.78, 5) is 24.2. The summed E-state index contributed by atoms with van der Waals surface area (Å²) in [5.74, 6) is -0.849. The standard InChI is InChI=1S/C25H23Cl2N3O4/c1-3-16-7-10-19(11-8-16)29-24(31)25(32)30-28-14-18-5-4-6-22(33-2)23(18)34-15-17-9-12-20(26)21(27)13-17/h4-14H,3,15H2,1-2H3,(H,29,31)(H,30,32)/b28-14-. The number of nitrogens with zero attached hydrogens (tertiary/aromatic N) is 1. The number of rotatable bonds is 8. The molecule has 3 aromatic rings. The van der Waals surface area contributed by atoms with Gasteiger partial charge in [-0.25, -0.2) is 5.43 Å². The Morgan fingerprint density at radius 2 is 1.71 bits per heavy atom. The van der Waals surface area contributed by atoms with Crippen LogP contribution in [0.15, 0.2) is 65.8 Å². The van der Waals surface area contributed by atoms with Crippen LogP contribution in [0.5, 0.6) is 11.5 Å². The minimum Gasteiger partial charge on any atom is -0.493 e. The van der Waals surface area contributed by atoms with Crippen molar-refractivity contribution in [2.45, 2.75) is 20.0 Å². The molecule has 0 heterocycles. The molecule has 0 aliphatic rings. The number of hydrogen-bond donors (Lipinski definition) is 2. The molecule has 2 N–H and O–H groups in total. The lowest BCUT2D eigenvalue weighted by Gasteiger charge is -2.13. The molecule has 0 saturated carbocycles. The number of halogens is 2. The van der Waals surface area contributed by atoms with Gasteiger partial charge in [0.05, 0.1) is 23.4 Å². The number of carbonyl (C=O) groups excluding carboxylic acids is 2. The predicted molar refractivity (Wildman–Crippen MR) is 134 cm³/mol. The van der Waals surface area contributed by atoms with Gasteiger partial charge in [-0.2, -0.15) is 5.10 Å². The van der Waals surface area contributed by atoms with E-state index in [1.165, 1.54) is 13.3 Å². The lowest BCUT2D eigenvalue weighted by Crippen LogP contribution is -2.32. The van der Waals surface area contributed by atoms with Crippen LogP contribution in [0.2, 0.25) is 10.0 Å². The first kappa shape index (κ1) is 25.1. The van der Waals surface area contributed by atoms with Crippen molar-refractivity contribution in [1.82, 2.24) is 5.43 Å². The molecule has 0 aromatic heterocycles. The van der Waals surface area contributed by atoms with Crippen molar-refractivity contribution >= 4 is 46.9 Å². The summed E-state index contributed by atoms with van der Waals surface area (Å²) in [6, 6.07) is 17.7. The van der Waals surface area contributed by atoms with E-state index >= 15 is 0 Å². The quantitative estimate of drug-likeness (QED) is 0.252. The van der Waals surface area contributed by atoms with Crippen LogP contribution in [0, 0.1) is 0 Å². The second-order valence-electron chi connectivity index (χ2n) is 7.12. The Hall–Kier alpha value is -3.55. The van der Waals surface area contributed by atoms with Crippen molar-refractivity contribution in [3.8, 4) is 11.5 Å². The van der Waals surface area contributed by atoms with E-state index in [-0.39, 0.29) is 6.61 Å². The molecule has 3 rings (SSSR count). The van der Waals surface area contributed by atoms with Gasteiger partial charge in [-0.15, -0.1) is 0 Å². The molecule has 7 nitrogen and oxygen atoms in total. The number of hydrogen-bond acceptors (Lipinski definition) is 5. The van der Waals surface area contributed by atoms with Crippen molar-refractivity contribution in [3.05, 3.63) is 87.4 Å². The monoisotopic (exact) mass is 499 g/mol. The smallest absolute Gasteiger partial charge is 0.329 e. The predicted octanol–water partition coefficient (Wildman–Crippen LogP) is 5.23. The molecule has 3 aromatic carbocycles. The number of ether oxygens (including phenoxy) is 2. The average molecular weight is 500 g/mol. The first-order valence-corrected chi connectivity index (χ1v) is 11.1. The summed E-state index contributed by atoms with van der Waals surface area (Å²) in [6.07, 6.45) is 2.25. The highest BCUT2D eigenvalue weighted by atomic mass is 35.5. The number of carbonyl (C=O) groups is 2. The molecule has 0 aliphatic carbocycles. The summed E-state index contributed by atoms with van der Waals surface area (Å²) < 4.78 is 11.3. The van der Waals surface area contributed by atoms with Crippen LogP contribution in [0.4, 0.5) is 5.69 Å². The van der Waals surface area contributed by atoms with Crippen molar-refractivity contribution < 1.29 is 19.1 Å². The Morgan fingerprint density at radius 1 is 0.971 bits per heavy atom. The van der Waals surface area contributed by atoms with E-state index in [0.29, 0.717) is 32.8 Å². The maximum atomic E-state index is 12.1. The zero-order valence-corrected chi connectivity index (χ0v) is 20.1. The highest BCUT2D eigenvalue weighted by molar-refractivity contribution is 6.42. The maximum absolute atomic E-state index is 12.1. The third-order valence-electron chi connectivity index (χ3n) is 4.79. The van der Waals surface area contributed by atoms with E-state index in [0.717, 1.165) is 17.5 Å². The van der Waals surface area contributed by atoms with Gasteiger partial charge in [0.15, 0.2) is 11.5 Å². The van der Waals surface area contributed by atoms with E-state index in [1.54, 1.807) is 48.5 Å². The summed E-state index contributed by atoms with van der Waals surface area (Å²) in [6.45, 7) is 2.23. The van der Waals surface area contributed by atoms with E-state index in [1.807, 2.05) is 19.1 Å². The van der Waals surface area contributed by atoms with Crippen LogP contribution in [0.3, 0.4) is 0 Å². The largest absolute Gasteiger partial charge is 0.493 e. The molecule has 9 heteroatoms. The van der Waals surface area contributed by atoms with Gasteiger partial charge in [-0.3, -0.25) is 9.59 Å². The number of amides is 2. The molecule has 0 fully saturated rings. The number of anilines is 1. The molecule has 0 bridgehead atoms. The Morgan fingerprint density at radius 3 is 2.38 bits per heavy atom. The zero-order valence-electron chi connectivity index (χ0n) is 18.6. The van der Waals surface area contributed by atoms with Gasteiger partial charge in [0, 0.05) is 11.3 Å². The molecule has 0 atom stereocenters. The van der Waals surface area contributed by atoms with Crippen molar-refractivity contribution in [3.63, 3.8) is 0 Å². The number of hydrazone groups is 1. The van der Waals surface area contributed by atoms with E-state index in [4.69, 9.17) is 32.7 Å². The second kappa shape index (κ2) is 12.1. The van der Waals surface area contributed by atoms with Crippen LogP contribution in [-0.2, 0) is 22.6 Å². The van der Waals surface area contributed by atoms with E-state index in [2.05, 4.69) is 15.8 Å². The minimum absolute atomic E-state index is 0.198. The number of nitrogens with one attached hydrogen (secondary N) is 2. The molecule has 0 saturated heterocycles. The third kappa shape index (κ3) is 6.73. The van der Waals surface area contributed by atoms with Gasteiger partial charge in [0.25, 0.3) is 0 Å². The van der Waals surface area contributed by atoms with E-state index in [9.17, 15) is 9.59 Å². The number of aryl methyl sites for hydroxylation is 1. The lowest BCUT2D eigenvalue weighted by molar-refractivity contribution is -0.136. The highest BCUT2D eigenvalue weighted by Gasteiger charge is 2.14. The molecule has 2 amide bonds. The third-order valence-corrected chi connectivity index (χ3v) is 5.53. The Kier molecular flexibility index (Phi) is 8.90. The van der Waals surface area contributed by atoms with Crippen LogP contribution in [0.1, 0.15) is 23.6 Å². The van der Waals surface area contributed by atoms with Crippen LogP contribution >= 0.6 is 23.2 Å². The summed E-state index contributed by atoms with van der Waals surface area (Å²) in [5, 5.41) is 7.29. The average Bonchev–Trinajstić information content (AvgIpc) is 2.85. The zero-order chi connectivity index (χ0) is 24.5. The number of para-hydroxylation sites is 1. The van der Waals surface area contributed by atoms with Crippen LogP contribution in [0.25, 0.3) is 0 Å². The van der Waals surface area contributed by atoms with E-state index < -0.39 is 11.8 Å². The molecule has 34 heavy (non-hydrogen) atoms. The first-order valence-electron chi connectivity index (χ1n) is 10.4. The summed E-state index contributed by atoms with van der Waals surface area (Å²) in [7, 11) is 1.52. The highest BCUT2D eigenvalue weighted by Crippen LogP contribution is 2.31.